The molecule has 0 aromatic heterocycles. The van der Waals surface area contributed by atoms with Crippen LogP contribution in [0.3, 0.4) is 0 Å². The second-order valence-electron chi connectivity index (χ2n) is 2.54. The lowest BCUT2D eigenvalue weighted by Crippen LogP contribution is -2.42. The predicted molar refractivity (Wildman–Crippen MR) is 49.6 cm³/mol. The van der Waals surface area contributed by atoms with Gasteiger partial charge in [-0.15, -0.1) is 0 Å². The van der Waals surface area contributed by atoms with E-state index in [0.717, 1.165) is 0 Å². The van der Waals surface area contributed by atoms with Crippen LogP contribution in [0.5, 0.6) is 0 Å². The highest BCUT2D eigenvalue weighted by Crippen LogP contribution is 1.91. The molecule has 0 fully saturated rings. The first-order valence-corrected chi connectivity index (χ1v) is 4.50. The molecular weight excluding hydrogens is 178 g/mol. The molecule has 12 heavy (non-hydrogen) atoms. The Kier molecular flexibility index (Phi) is 6.14. The summed E-state index contributed by atoms with van der Waals surface area (Å²) in [4.78, 5) is 10.4. The number of aliphatic hydroxyl groups excluding tert-OH is 1. The Balaban J connectivity index is 3.65. The van der Waals surface area contributed by atoms with Crippen LogP contribution in [-0.4, -0.2) is 40.6 Å². The van der Waals surface area contributed by atoms with E-state index in [9.17, 15) is 4.79 Å². The maximum absolute atomic E-state index is 10.4. The van der Waals surface area contributed by atoms with Gasteiger partial charge in [0.25, 0.3) is 0 Å². The Morgan fingerprint density at radius 2 is 2.25 bits per heavy atom. The SMILES string of the molecule is CCC(O)CNC(CS)C(=O)O. The van der Waals surface area contributed by atoms with Crippen LogP contribution >= 0.6 is 12.6 Å². The number of carboxylic acids is 1. The van der Waals surface area contributed by atoms with E-state index in [-0.39, 0.29) is 5.75 Å². The molecule has 0 rings (SSSR count). The van der Waals surface area contributed by atoms with Gasteiger partial charge in [-0.3, -0.25) is 4.79 Å². The normalized spacial score (nSPS) is 15.6. The zero-order chi connectivity index (χ0) is 9.56. The van der Waals surface area contributed by atoms with Gasteiger partial charge in [0.15, 0.2) is 0 Å². The minimum absolute atomic E-state index is 0.228. The van der Waals surface area contributed by atoms with Gasteiger partial charge in [0.2, 0.25) is 0 Å². The molecular formula is C7H15NO3S. The fraction of sp³-hybridized carbons (Fsp3) is 0.857. The Morgan fingerprint density at radius 1 is 1.67 bits per heavy atom. The zero-order valence-electron chi connectivity index (χ0n) is 7.03. The summed E-state index contributed by atoms with van der Waals surface area (Å²) < 4.78 is 0. The van der Waals surface area contributed by atoms with E-state index in [0.29, 0.717) is 13.0 Å². The molecule has 0 bridgehead atoms. The molecule has 3 N–H and O–H groups in total. The maximum Gasteiger partial charge on any atom is 0.321 e. The topological polar surface area (TPSA) is 69.6 Å². The van der Waals surface area contributed by atoms with Gasteiger partial charge in [0.05, 0.1) is 6.10 Å². The van der Waals surface area contributed by atoms with Crippen molar-refractivity contribution in [2.45, 2.75) is 25.5 Å². The number of rotatable bonds is 6. The standard InChI is InChI=1S/C7H15NO3S/c1-2-5(9)3-8-6(4-12)7(10)11/h5-6,8-9,12H,2-4H2,1H3,(H,10,11). The van der Waals surface area contributed by atoms with Crippen molar-refractivity contribution in [2.75, 3.05) is 12.3 Å². The van der Waals surface area contributed by atoms with Crippen molar-refractivity contribution in [3.63, 3.8) is 0 Å². The molecule has 5 heteroatoms. The fourth-order valence-corrected chi connectivity index (χ4v) is 0.938. The molecule has 0 aliphatic heterocycles. The van der Waals surface area contributed by atoms with E-state index in [1.54, 1.807) is 0 Å². The molecule has 0 aromatic carbocycles. The summed E-state index contributed by atoms with van der Waals surface area (Å²) in [5.74, 6) is -0.709. The van der Waals surface area contributed by atoms with Crippen molar-refractivity contribution in [2.24, 2.45) is 0 Å². The summed E-state index contributed by atoms with van der Waals surface area (Å²) >= 11 is 3.86. The van der Waals surface area contributed by atoms with Crippen molar-refractivity contribution in [1.29, 1.82) is 0 Å². The Labute approximate surface area is 77.4 Å². The number of aliphatic hydroxyl groups is 1. The molecule has 0 aliphatic carbocycles. The zero-order valence-corrected chi connectivity index (χ0v) is 7.92. The molecule has 4 nitrogen and oxygen atoms in total. The van der Waals surface area contributed by atoms with E-state index in [1.807, 2.05) is 6.92 Å². The molecule has 0 saturated heterocycles. The molecule has 0 heterocycles. The number of aliphatic carboxylic acids is 1. The highest BCUT2D eigenvalue weighted by Gasteiger charge is 2.15. The lowest BCUT2D eigenvalue weighted by Gasteiger charge is -2.14. The molecule has 72 valence electrons. The number of hydrogen-bond acceptors (Lipinski definition) is 4. The Bertz CT molecular complexity index is 143. The smallest absolute Gasteiger partial charge is 0.321 e. The lowest BCUT2D eigenvalue weighted by atomic mass is 10.2. The van der Waals surface area contributed by atoms with Crippen LogP contribution < -0.4 is 5.32 Å². The van der Waals surface area contributed by atoms with Gasteiger partial charge in [0, 0.05) is 12.3 Å². The Hall–Kier alpha value is -0.260. The summed E-state index contributed by atoms with van der Waals surface area (Å²) in [5.41, 5.74) is 0. The van der Waals surface area contributed by atoms with E-state index >= 15 is 0 Å². The minimum Gasteiger partial charge on any atom is -0.480 e. The van der Waals surface area contributed by atoms with E-state index in [2.05, 4.69) is 17.9 Å². The number of nitrogens with one attached hydrogen (secondary N) is 1. The molecule has 0 aliphatic rings. The predicted octanol–water partition coefficient (Wildman–Crippen LogP) is -0.270. The van der Waals surface area contributed by atoms with Crippen molar-refractivity contribution >= 4 is 18.6 Å². The van der Waals surface area contributed by atoms with Crippen LogP contribution in [0.4, 0.5) is 0 Å². The van der Waals surface area contributed by atoms with Crippen molar-refractivity contribution in [3.05, 3.63) is 0 Å². The summed E-state index contributed by atoms with van der Waals surface area (Å²) in [7, 11) is 0. The molecule has 2 atom stereocenters. The van der Waals surface area contributed by atoms with Gasteiger partial charge in [-0.25, -0.2) is 0 Å². The highest BCUT2D eigenvalue weighted by molar-refractivity contribution is 7.80. The average molecular weight is 193 g/mol. The summed E-state index contributed by atoms with van der Waals surface area (Å²) in [5, 5.41) is 20.4. The number of thiol groups is 1. The molecule has 0 saturated carbocycles. The highest BCUT2D eigenvalue weighted by atomic mass is 32.1. The fourth-order valence-electron chi connectivity index (χ4n) is 0.653. The van der Waals surface area contributed by atoms with Crippen LogP contribution in [-0.2, 0) is 4.79 Å². The van der Waals surface area contributed by atoms with Crippen LogP contribution in [0.2, 0.25) is 0 Å². The largest absolute Gasteiger partial charge is 0.480 e. The van der Waals surface area contributed by atoms with Gasteiger partial charge in [-0.05, 0) is 6.42 Å². The van der Waals surface area contributed by atoms with Crippen LogP contribution in [0.15, 0.2) is 0 Å². The molecule has 0 aromatic rings. The van der Waals surface area contributed by atoms with Crippen molar-refractivity contribution in [1.82, 2.24) is 5.32 Å². The van der Waals surface area contributed by atoms with Crippen LogP contribution in [0.1, 0.15) is 13.3 Å². The van der Waals surface area contributed by atoms with Gasteiger partial charge < -0.3 is 15.5 Å². The third-order valence-electron chi connectivity index (χ3n) is 1.55. The van der Waals surface area contributed by atoms with Crippen LogP contribution in [0.25, 0.3) is 0 Å². The number of carboxylic acid groups (broad SMARTS) is 1. The molecule has 0 radical (unpaired) electrons. The molecule has 0 spiro atoms. The van der Waals surface area contributed by atoms with E-state index < -0.39 is 18.1 Å². The Morgan fingerprint density at radius 3 is 2.58 bits per heavy atom. The second-order valence-corrected chi connectivity index (χ2v) is 2.91. The second kappa shape index (κ2) is 6.28. The number of hydrogen-bond donors (Lipinski definition) is 4. The van der Waals surface area contributed by atoms with E-state index in [4.69, 9.17) is 10.2 Å². The summed E-state index contributed by atoms with van der Waals surface area (Å²) in [6.45, 7) is 2.14. The van der Waals surface area contributed by atoms with Crippen LogP contribution in [0, 0.1) is 0 Å². The average Bonchev–Trinajstić information content (AvgIpc) is 2.04. The van der Waals surface area contributed by atoms with Gasteiger partial charge >= 0.3 is 5.97 Å². The molecule has 0 amide bonds. The first-order valence-electron chi connectivity index (χ1n) is 3.86. The molecule has 2 unspecified atom stereocenters. The number of carbonyl (C=O) groups is 1. The van der Waals surface area contributed by atoms with Crippen molar-refractivity contribution < 1.29 is 15.0 Å². The van der Waals surface area contributed by atoms with Crippen molar-refractivity contribution in [3.8, 4) is 0 Å². The monoisotopic (exact) mass is 193 g/mol. The third-order valence-corrected chi connectivity index (χ3v) is 1.92. The summed E-state index contributed by atoms with van der Waals surface area (Å²) in [6.07, 6.45) is 0.137. The lowest BCUT2D eigenvalue weighted by molar-refractivity contribution is -0.138. The summed E-state index contributed by atoms with van der Waals surface area (Å²) in [6, 6.07) is -0.672. The minimum atomic E-state index is -0.937. The van der Waals surface area contributed by atoms with Gasteiger partial charge in [0.1, 0.15) is 6.04 Å². The van der Waals surface area contributed by atoms with Gasteiger partial charge in [-0.2, -0.15) is 12.6 Å². The first-order chi connectivity index (χ1) is 5.61. The van der Waals surface area contributed by atoms with Gasteiger partial charge in [-0.1, -0.05) is 6.92 Å². The quantitative estimate of drug-likeness (QED) is 0.438. The first kappa shape index (κ1) is 11.7. The van der Waals surface area contributed by atoms with E-state index in [1.165, 1.54) is 0 Å². The third kappa shape index (κ3) is 4.58. The maximum atomic E-state index is 10.4.